The van der Waals surface area contributed by atoms with E-state index in [4.69, 9.17) is 11.6 Å². The zero-order valence-electron chi connectivity index (χ0n) is 10.6. The van der Waals surface area contributed by atoms with Crippen molar-refractivity contribution in [3.05, 3.63) is 53.6 Å². The smallest absolute Gasteiger partial charge is 0.0888 e. The first-order chi connectivity index (χ1) is 9.02. The zero-order chi connectivity index (χ0) is 14.0. The minimum absolute atomic E-state index is 0.160. The lowest BCUT2D eigenvalue weighted by atomic mass is 10.0. The summed E-state index contributed by atoms with van der Waals surface area (Å²) in [6, 6.07) is 8.60. The molecule has 1 aromatic heterocycles. The van der Waals surface area contributed by atoms with Crippen molar-refractivity contribution in [1.82, 2.24) is 5.32 Å². The van der Waals surface area contributed by atoms with E-state index in [-0.39, 0.29) is 6.04 Å². The number of hydrogen-bond acceptors (Lipinski definition) is 2. The Hall–Kier alpha value is 0.130. The van der Waals surface area contributed by atoms with E-state index in [2.05, 4.69) is 69.2 Å². The first-order valence-corrected chi connectivity index (χ1v) is 8.75. The summed E-state index contributed by atoms with van der Waals surface area (Å²) in [5.41, 5.74) is 2.50. The average Bonchev–Trinajstić information content (AvgIpc) is 2.70. The second-order valence-electron chi connectivity index (χ2n) is 4.29. The van der Waals surface area contributed by atoms with Crippen LogP contribution in [0.3, 0.4) is 0 Å². The molecule has 1 atom stereocenters. The van der Waals surface area contributed by atoms with E-state index >= 15 is 0 Å². The molecule has 0 spiro atoms. The predicted octanol–water partition coefficient (Wildman–Crippen LogP) is 5.93. The van der Waals surface area contributed by atoms with E-state index in [1.54, 1.807) is 11.3 Å². The van der Waals surface area contributed by atoms with E-state index in [9.17, 15) is 0 Å². The van der Waals surface area contributed by atoms with Gasteiger partial charge in [0, 0.05) is 9.35 Å². The van der Waals surface area contributed by atoms with E-state index in [1.165, 1.54) is 16.0 Å². The standard InChI is InChI=1S/C14H14Br2ClNS/c1-3-18-13(12-7-11(17)14(16)19-12)9-6-8(2)4-5-10(9)15/h4-7,13,18H,3H2,1-2H3. The molecule has 102 valence electrons. The highest BCUT2D eigenvalue weighted by atomic mass is 79.9. The Bertz CT molecular complexity index is 563. The maximum Gasteiger partial charge on any atom is 0.0888 e. The lowest BCUT2D eigenvalue weighted by molar-refractivity contribution is 0.637. The molecule has 19 heavy (non-hydrogen) atoms. The third-order valence-electron chi connectivity index (χ3n) is 2.82. The molecule has 0 amide bonds. The number of rotatable bonds is 4. The van der Waals surface area contributed by atoms with E-state index in [0.29, 0.717) is 0 Å². The highest BCUT2D eigenvalue weighted by Crippen LogP contribution is 2.39. The largest absolute Gasteiger partial charge is 0.306 e. The summed E-state index contributed by atoms with van der Waals surface area (Å²) in [7, 11) is 0. The van der Waals surface area contributed by atoms with Gasteiger partial charge in [-0.05, 0) is 47.1 Å². The molecule has 1 nitrogen and oxygen atoms in total. The first kappa shape index (κ1) is 15.5. The molecule has 1 aromatic carbocycles. The fourth-order valence-electron chi connectivity index (χ4n) is 1.96. The molecular weight excluding hydrogens is 409 g/mol. The van der Waals surface area contributed by atoms with Gasteiger partial charge < -0.3 is 5.32 Å². The van der Waals surface area contributed by atoms with Crippen molar-refractivity contribution >= 4 is 54.8 Å². The Balaban J connectivity index is 2.47. The topological polar surface area (TPSA) is 12.0 Å². The molecule has 2 aromatic rings. The average molecular weight is 424 g/mol. The minimum atomic E-state index is 0.160. The third kappa shape index (κ3) is 3.61. The summed E-state index contributed by atoms with van der Waals surface area (Å²) >= 11 is 15.0. The molecule has 0 saturated heterocycles. The van der Waals surface area contributed by atoms with Crippen LogP contribution < -0.4 is 5.32 Å². The van der Waals surface area contributed by atoms with Gasteiger partial charge in [-0.25, -0.2) is 0 Å². The molecule has 2 rings (SSSR count). The first-order valence-electron chi connectivity index (χ1n) is 5.97. The van der Waals surface area contributed by atoms with Crippen LogP contribution in [0, 0.1) is 6.92 Å². The summed E-state index contributed by atoms with van der Waals surface area (Å²) in [4.78, 5) is 1.21. The van der Waals surface area contributed by atoms with Crippen LogP contribution in [-0.4, -0.2) is 6.54 Å². The molecule has 0 bridgehead atoms. The number of halogens is 3. The molecule has 0 aliphatic heterocycles. The highest BCUT2D eigenvalue weighted by Gasteiger charge is 2.19. The monoisotopic (exact) mass is 421 g/mol. The van der Waals surface area contributed by atoms with E-state index < -0.39 is 0 Å². The van der Waals surface area contributed by atoms with Crippen LogP contribution in [0.1, 0.15) is 29.0 Å². The van der Waals surface area contributed by atoms with Crippen LogP contribution in [0.2, 0.25) is 5.02 Å². The van der Waals surface area contributed by atoms with Crippen LogP contribution in [0.25, 0.3) is 0 Å². The Kier molecular flexibility index (Phi) is 5.49. The van der Waals surface area contributed by atoms with Crippen LogP contribution >= 0.6 is 54.8 Å². The molecule has 0 radical (unpaired) electrons. The van der Waals surface area contributed by atoms with Gasteiger partial charge in [0.05, 0.1) is 14.9 Å². The van der Waals surface area contributed by atoms with Crippen molar-refractivity contribution in [1.29, 1.82) is 0 Å². The summed E-state index contributed by atoms with van der Waals surface area (Å²) in [5.74, 6) is 0. The Morgan fingerprint density at radius 3 is 2.63 bits per heavy atom. The number of hydrogen-bond donors (Lipinski definition) is 1. The van der Waals surface area contributed by atoms with Gasteiger partial charge in [0.25, 0.3) is 0 Å². The van der Waals surface area contributed by atoms with E-state index in [1.807, 2.05) is 6.07 Å². The SMILES string of the molecule is CCNC(c1cc(Cl)c(Br)s1)c1cc(C)ccc1Br. The third-order valence-corrected chi connectivity index (χ3v) is 6.08. The van der Waals surface area contributed by atoms with Crippen LogP contribution in [-0.2, 0) is 0 Å². The van der Waals surface area contributed by atoms with Gasteiger partial charge in [-0.2, -0.15) is 0 Å². The summed E-state index contributed by atoms with van der Waals surface area (Å²) in [5, 5.41) is 4.29. The zero-order valence-corrected chi connectivity index (χ0v) is 15.4. The number of nitrogens with one attached hydrogen (secondary N) is 1. The van der Waals surface area contributed by atoms with Gasteiger partial charge in [-0.15, -0.1) is 11.3 Å². The highest BCUT2D eigenvalue weighted by molar-refractivity contribution is 9.11. The Morgan fingerprint density at radius 2 is 2.05 bits per heavy atom. The van der Waals surface area contributed by atoms with Crippen molar-refractivity contribution in [2.45, 2.75) is 19.9 Å². The Morgan fingerprint density at radius 1 is 1.32 bits per heavy atom. The molecule has 0 saturated carbocycles. The minimum Gasteiger partial charge on any atom is -0.306 e. The fraction of sp³-hybridized carbons (Fsp3) is 0.286. The number of aryl methyl sites for hydroxylation is 1. The van der Waals surface area contributed by atoms with Crippen LogP contribution in [0.4, 0.5) is 0 Å². The van der Waals surface area contributed by atoms with Gasteiger partial charge in [-0.3, -0.25) is 0 Å². The molecule has 1 N–H and O–H groups in total. The van der Waals surface area contributed by atoms with Crippen LogP contribution in [0.15, 0.2) is 32.5 Å². The summed E-state index contributed by atoms with van der Waals surface area (Å²) < 4.78 is 2.10. The predicted molar refractivity (Wildman–Crippen MR) is 91.4 cm³/mol. The summed E-state index contributed by atoms with van der Waals surface area (Å²) in [6.45, 7) is 5.12. The molecule has 1 heterocycles. The second-order valence-corrected chi connectivity index (χ2v) is 7.95. The molecule has 0 fully saturated rings. The van der Waals surface area contributed by atoms with E-state index in [0.717, 1.165) is 19.8 Å². The quantitative estimate of drug-likeness (QED) is 0.642. The normalized spacial score (nSPS) is 12.7. The second kappa shape index (κ2) is 6.72. The number of benzene rings is 1. The molecule has 0 aliphatic rings. The molecule has 5 heteroatoms. The van der Waals surface area contributed by atoms with Gasteiger partial charge in [0.15, 0.2) is 0 Å². The van der Waals surface area contributed by atoms with Gasteiger partial charge in [0.2, 0.25) is 0 Å². The lowest BCUT2D eigenvalue weighted by Crippen LogP contribution is -2.21. The van der Waals surface area contributed by atoms with Crippen molar-refractivity contribution < 1.29 is 0 Å². The van der Waals surface area contributed by atoms with Gasteiger partial charge in [0.1, 0.15) is 0 Å². The van der Waals surface area contributed by atoms with Crippen LogP contribution in [0.5, 0.6) is 0 Å². The lowest BCUT2D eigenvalue weighted by Gasteiger charge is -2.19. The van der Waals surface area contributed by atoms with Gasteiger partial charge in [-0.1, -0.05) is 52.2 Å². The van der Waals surface area contributed by atoms with Crippen molar-refractivity contribution in [2.75, 3.05) is 6.54 Å². The molecule has 0 aliphatic carbocycles. The van der Waals surface area contributed by atoms with Crippen molar-refractivity contribution in [2.24, 2.45) is 0 Å². The molecule has 1 unspecified atom stereocenters. The van der Waals surface area contributed by atoms with Crippen molar-refractivity contribution in [3.8, 4) is 0 Å². The van der Waals surface area contributed by atoms with Crippen molar-refractivity contribution in [3.63, 3.8) is 0 Å². The number of thiophene rings is 1. The fourth-order valence-corrected chi connectivity index (χ4v) is 4.27. The van der Waals surface area contributed by atoms with Gasteiger partial charge >= 0.3 is 0 Å². The maximum absolute atomic E-state index is 6.16. The Labute approximate surface area is 139 Å². The molecular formula is C14H14Br2ClNS. The maximum atomic E-state index is 6.16. The summed E-state index contributed by atoms with van der Waals surface area (Å²) in [6.07, 6.45) is 0.